The summed E-state index contributed by atoms with van der Waals surface area (Å²) in [7, 11) is -3.84. The van der Waals surface area contributed by atoms with Gasteiger partial charge in [0.2, 0.25) is 11.9 Å². The van der Waals surface area contributed by atoms with Crippen molar-refractivity contribution in [3.8, 4) is 0 Å². The molecule has 0 atom stereocenters. The quantitative estimate of drug-likeness (QED) is 0.389. The highest BCUT2D eigenvalue weighted by molar-refractivity contribution is 7.92. The maximum atomic E-state index is 12.7. The lowest BCUT2D eigenvalue weighted by Gasteiger charge is -2.38. The second kappa shape index (κ2) is 8.62. The molecule has 0 radical (unpaired) electrons. The van der Waals surface area contributed by atoms with Gasteiger partial charge in [-0.3, -0.25) is 4.79 Å². The second-order valence-electron chi connectivity index (χ2n) is 7.57. The summed E-state index contributed by atoms with van der Waals surface area (Å²) in [4.78, 5) is 30.9. The Hall–Kier alpha value is -4.20. The van der Waals surface area contributed by atoms with Crippen molar-refractivity contribution in [3.05, 3.63) is 49.1 Å². The van der Waals surface area contributed by atoms with Crippen molar-refractivity contribution >= 4 is 44.5 Å². The van der Waals surface area contributed by atoms with Crippen molar-refractivity contribution in [1.29, 1.82) is 0 Å². The molecule has 1 aliphatic heterocycles. The molecule has 1 fully saturated rings. The number of carbonyl (C=O) groups excluding carboxylic acids is 1. The molecule has 13 nitrogen and oxygen atoms in total. The molecule has 5 rings (SSSR count). The molecule has 0 unspecified atom stereocenters. The number of benzene rings is 1. The van der Waals surface area contributed by atoms with Gasteiger partial charge >= 0.3 is 0 Å². The minimum atomic E-state index is -3.84. The van der Waals surface area contributed by atoms with Crippen molar-refractivity contribution in [2.45, 2.75) is 18.4 Å². The molecular weight excluding hydrogens is 460 g/mol. The lowest BCUT2D eigenvalue weighted by molar-refractivity contribution is -0.120. The first-order valence-corrected chi connectivity index (χ1v) is 11.9. The summed E-state index contributed by atoms with van der Waals surface area (Å²) in [6, 6.07) is 7.46. The summed E-state index contributed by atoms with van der Waals surface area (Å²) in [6.45, 7) is 3.55. The molecule has 0 saturated carbocycles. The highest BCUT2D eigenvalue weighted by atomic mass is 32.2. The van der Waals surface area contributed by atoms with E-state index in [0.717, 1.165) is 0 Å². The number of aromatic nitrogens is 7. The fraction of sp³-hybridized carbons (Fsp3) is 0.250. The van der Waals surface area contributed by atoms with E-state index in [1.54, 1.807) is 10.7 Å². The number of fused-ring (bicyclic) bond motifs is 1. The highest BCUT2D eigenvalue weighted by Crippen LogP contribution is 2.28. The summed E-state index contributed by atoms with van der Waals surface area (Å²) >= 11 is 0. The Bertz CT molecular complexity index is 1430. The summed E-state index contributed by atoms with van der Waals surface area (Å²) in [5.41, 5.74) is 1.76. The van der Waals surface area contributed by atoms with E-state index in [-0.39, 0.29) is 22.7 Å². The third kappa shape index (κ3) is 4.10. The Kier molecular flexibility index (Phi) is 5.49. The number of hydrogen-bond donors (Lipinski definition) is 2. The van der Waals surface area contributed by atoms with E-state index in [9.17, 15) is 13.2 Å². The number of aryl methyl sites for hydroxylation is 1. The standard InChI is InChI=1S/C20H20N10O3S/c1-2-30-18-16(26-28-30)17(23-12-24-18)29-10-13(11-29)19(31)25-14-4-6-15(7-5-14)34(32,33)27-20-21-8-3-9-22-20/h3-9,12-13H,2,10-11H2,1H3,(H,25,31)(H,21,22,27). The average Bonchev–Trinajstić information content (AvgIpc) is 3.23. The van der Waals surface area contributed by atoms with Crippen LogP contribution in [0, 0.1) is 5.92 Å². The number of rotatable bonds is 7. The molecule has 1 amide bonds. The van der Waals surface area contributed by atoms with Gasteiger partial charge in [-0.05, 0) is 37.3 Å². The van der Waals surface area contributed by atoms with Crippen molar-refractivity contribution in [1.82, 2.24) is 34.9 Å². The van der Waals surface area contributed by atoms with Gasteiger partial charge in [0.05, 0.1) is 10.8 Å². The third-order valence-electron chi connectivity index (χ3n) is 5.36. The second-order valence-corrected chi connectivity index (χ2v) is 9.25. The van der Waals surface area contributed by atoms with Crippen LogP contribution < -0.4 is 14.9 Å². The Morgan fingerprint density at radius 2 is 1.82 bits per heavy atom. The molecule has 0 bridgehead atoms. The third-order valence-corrected chi connectivity index (χ3v) is 6.70. The molecule has 0 spiro atoms. The lowest BCUT2D eigenvalue weighted by atomic mass is 9.99. The molecule has 3 aromatic heterocycles. The first kappa shape index (κ1) is 21.6. The summed E-state index contributed by atoms with van der Waals surface area (Å²) in [6.07, 6.45) is 4.34. The van der Waals surface area contributed by atoms with Crippen LogP contribution in [0.25, 0.3) is 11.2 Å². The molecule has 1 aliphatic rings. The molecule has 174 valence electrons. The van der Waals surface area contributed by atoms with Crippen LogP contribution in [0.3, 0.4) is 0 Å². The minimum Gasteiger partial charge on any atom is -0.353 e. The molecule has 2 N–H and O–H groups in total. The van der Waals surface area contributed by atoms with E-state index in [2.05, 4.69) is 40.3 Å². The fourth-order valence-electron chi connectivity index (χ4n) is 3.53. The van der Waals surface area contributed by atoms with Gasteiger partial charge in [0.1, 0.15) is 6.33 Å². The predicted molar refractivity (Wildman–Crippen MR) is 122 cm³/mol. The van der Waals surface area contributed by atoms with Gasteiger partial charge < -0.3 is 10.2 Å². The maximum absolute atomic E-state index is 12.7. The number of carbonyl (C=O) groups is 1. The summed E-state index contributed by atoms with van der Waals surface area (Å²) < 4.78 is 29.0. The van der Waals surface area contributed by atoms with Gasteiger partial charge in [-0.15, -0.1) is 5.10 Å². The van der Waals surface area contributed by atoms with Gasteiger partial charge in [0.25, 0.3) is 10.0 Å². The molecular formula is C20H20N10O3S. The Labute approximate surface area is 194 Å². The van der Waals surface area contributed by atoms with Crippen molar-refractivity contribution < 1.29 is 13.2 Å². The average molecular weight is 481 g/mol. The number of nitrogens with one attached hydrogen (secondary N) is 2. The van der Waals surface area contributed by atoms with E-state index in [0.29, 0.717) is 42.3 Å². The zero-order valence-corrected chi connectivity index (χ0v) is 18.8. The van der Waals surface area contributed by atoms with Crippen LogP contribution >= 0.6 is 0 Å². The summed E-state index contributed by atoms with van der Waals surface area (Å²) in [5.74, 6) is 0.225. The minimum absolute atomic E-state index is 0.0207. The topological polar surface area (TPSA) is 161 Å². The van der Waals surface area contributed by atoms with Gasteiger partial charge in [0.15, 0.2) is 17.0 Å². The number of nitrogens with zero attached hydrogens (tertiary/aromatic N) is 8. The molecule has 34 heavy (non-hydrogen) atoms. The Morgan fingerprint density at radius 1 is 1.09 bits per heavy atom. The van der Waals surface area contributed by atoms with Gasteiger partial charge in [-0.2, -0.15) is 0 Å². The van der Waals surface area contributed by atoms with E-state index in [1.807, 2.05) is 11.8 Å². The van der Waals surface area contributed by atoms with Crippen LogP contribution in [-0.2, 0) is 21.4 Å². The largest absolute Gasteiger partial charge is 0.353 e. The van der Waals surface area contributed by atoms with Crippen LogP contribution in [0.2, 0.25) is 0 Å². The van der Waals surface area contributed by atoms with Crippen LogP contribution in [0.4, 0.5) is 17.5 Å². The Balaban J connectivity index is 1.20. The summed E-state index contributed by atoms with van der Waals surface area (Å²) in [5, 5.41) is 11.1. The normalized spacial score (nSPS) is 14.1. The monoisotopic (exact) mass is 480 g/mol. The number of sulfonamides is 1. The molecule has 0 aliphatic carbocycles. The number of hydrogen-bond acceptors (Lipinski definition) is 10. The highest BCUT2D eigenvalue weighted by Gasteiger charge is 2.35. The van der Waals surface area contributed by atoms with Crippen molar-refractivity contribution in [2.24, 2.45) is 5.92 Å². The zero-order valence-electron chi connectivity index (χ0n) is 18.0. The smallest absolute Gasteiger partial charge is 0.264 e. The van der Waals surface area contributed by atoms with Gasteiger partial charge in [-0.25, -0.2) is 37.8 Å². The zero-order chi connectivity index (χ0) is 23.7. The van der Waals surface area contributed by atoms with E-state index in [1.165, 1.54) is 43.0 Å². The maximum Gasteiger partial charge on any atom is 0.264 e. The molecule has 4 aromatic rings. The van der Waals surface area contributed by atoms with Crippen molar-refractivity contribution in [2.75, 3.05) is 28.0 Å². The van der Waals surface area contributed by atoms with Crippen LogP contribution in [0.1, 0.15) is 6.92 Å². The first-order chi connectivity index (χ1) is 16.4. The SMILES string of the molecule is CCn1nnc2c(N3CC(C(=O)Nc4ccc(S(=O)(=O)Nc5ncccn5)cc4)C3)ncnc21. The van der Waals surface area contributed by atoms with E-state index < -0.39 is 10.0 Å². The number of amides is 1. The van der Waals surface area contributed by atoms with Crippen LogP contribution in [0.5, 0.6) is 0 Å². The molecule has 1 aromatic carbocycles. The van der Waals surface area contributed by atoms with E-state index >= 15 is 0 Å². The number of anilines is 3. The van der Waals surface area contributed by atoms with Gasteiger partial charge in [-0.1, -0.05) is 5.21 Å². The molecule has 4 heterocycles. The Morgan fingerprint density at radius 3 is 2.53 bits per heavy atom. The lowest BCUT2D eigenvalue weighted by Crippen LogP contribution is -2.52. The van der Waals surface area contributed by atoms with Crippen molar-refractivity contribution in [3.63, 3.8) is 0 Å². The van der Waals surface area contributed by atoms with E-state index in [4.69, 9.17) is 0 Å². The molecule has 1 saturated heterocycles. The van der Waals surface area contributed by atoms with Crippen LogP contribution in [-0.4, -0.2) is 62.3 Å². The molecule has 14 heteroatoms. The van der Waals surface area contributed by atoms with Crippen LogP contribution in [0.15, 0.2) is 53.9 Å². The predicted octanol–water partition coefficient (Wildman–Crippen LogP) is 0.907. The fourth-order valence-corrected chi connectivity index (χ4v) is 4.49. The van der Waals surface area contributed by atoms with Gasteiger partial charge in [0, 0.05) is 37.7 Å². The first-order valence-electron chi connectivity index (χ1n) is 10.4.